The van der Waals surface area contributed by atoms with E-state index in [1.807, 2.05) is 48.5 Å². The molecule has 1 aliphatic rings. The first-order valence-electron chi connectivity index (χ1n) is 10.7. The molecular formula is C24H30BrN3O2. The van der Waals surface area contributed by atoms with Crippen molar-refractivity contribution in [3.63, 3.8) is 0 Å². The van der Waals surface area contributed by atoms with Gasteiger partial charge in [0, 0.05) is 41.4 Å². The van der Waals surface area contributed by atoms with Crippen LogP contribution in [-0.4, -0.2) is 37.5 Å². The second kappa shape index (κ2) is 10.6. The van der Waals surface area contributed by atoms with Gasteiger partial charge < -0.3 is 15.5 Å². The number of benzene rings is 2. The number of amides is 2. The van der Waals surface area contributed by atoms with Gasteiger partial charge >= 0.3 is 0 Å². The molecule has 1 aliphatic heterocycles. The minimum Gasteiger partial charge on any atom is -0.371 e. The number of para-hydroxylation sites is 1. The maximum absolute atomic E-state index is 12.7. The average molecular weight is 472 g/mol. The molecule has 2 aromatic rings. The van der Waals surface area contributed by atoms with Crippen molar-refractivity contribution in [3.05, 3.63) is 64.1 Å². The van der Waals surface area contributed by atoms with Crippen molar-refractivity contribution in [1.82, 2.24) is 10.6 Å². The predicted octanol–water partition coefficient (Wildman–Crippen LogP) is 4.62. The van der Waals surface area contributed by atoms with Crippen molar-refractivity contribution in [2.45, 2.75) is 39.2 Å². The number of nitrogens with one attached hydrogen (secondary N) is 2. The zero-order valence-corrected chi connectivity index (χ0v) is 19.2. The van der Waals surface area contributed by atoms with Gasteiger partial charge in [-0.25, -0.2) is 0 Å². The number of rotatable bonds is 7. The lowest BCUT2D eigenvalue weighted by Crippen LogP contribution is -2.45. The molecule has 0 bridgehead atoms. The Morgan fingerprint density at radius 1 is 1.07 bits per heavy atom. The van der Waals surface area contributed by atoms with Gasteiger partial charge in [-0.05, 0) is 55.2 Å². The van der Waals surface area contributed by atoms with Crippen molar-refractivity contribution >= 4 is 33.4 Å². The van der Waals surface area contributed by atoms with E-state index in [9.17, 15) is 9.59 Å². The van der Waals surface area contributed by atoms with Gasteiger partial charge in [-0.3, -0.25) is 9.59 Å². The lowest BCUT2D eigenvalue weighted by atomic mass is 10.0. The van der Waals surface area contributed by atoms with Gasteiger partial charge in [0.15, 0.2) is 0 Å². The number of piperidine rings is 1. The smallest absolute Gasteiger partial charge is 0.253 e. The SMILES string of the molecule is CC[C@H](C)CNC(=O)c1ccccc1N1CCC(NC(=O)c2ccc(Br)cc2)CC1. The van der Waals surface area contributed by atoms with E-state index in [-0.39, 0.29) is 17.9 Å². The van der Waals surface area contributed by atoms with Gasteiger partial charge in [-0.2, -0.15) is 0 Å². The molecule has 0 radical (unpaired) electrons. The van der Waals surface area contributed by atoms with E-state index in [0.29, 0.717) is 18.0 Å². The summed E-state index contributed by atoms with van der Waals surface area (Å²) in [5.41, 5.74) is 2.36. The third-order valence-corrected chi connectivity index (χ3v) is 6.26. The Hall–Kier alpha value is -2.34. The van der Waals surface area contributed by atoms with Crippen molar-refractivity contribution < 1.29 is 9.59 Å². The van der Waals surface area contributed by atoms with E-state index in [1.54, 1.807) is 0 Å². The highest BCUT2D eigenvalue weighted by atomic mass is 79.9. The third kappa shape index (κ3) is 5.85. The van der Waals surface area contributed by atoms with Crippen LogP contribution >= 0.6 is 15.9 Å². The Kier molecular flexibility index (Phi) is 7.91. The van der Waals surface area contributed by atoms with Gasteiger partial charge in [0.25, 0.3) is 11.8 Å². The molecule has 1 heterocycles. The van der Waals surface area contributed by atoms with E-state index in [4.69, 9.17) is 0 Å². The molecule has 0 aliphatic carbocycles. The normalized spacial score (nSPS) is 15.5. The molecular weight excluding hydrogens is 442 g/mol. The molecule has 1 saturated heterocycles. The molecule has 160 valence electrons. The molecule has 6 heteroatoms. The van der Waals surface area contributed by atoms with Crippen LogP contribution in [0.5, 0.6) is 0 Å². The molecule has 2 N–H and O–H groups in total. The fourth-order valence-electron chi connectivity index (χ4n) is 3.58. The average Bonchev–Trinajstić information content (AvgIpc) is 2.78. The van der Waals surface area contributed by atoms with Crippen LogP contribution in [0.25, 0.3) is 0 Å². The summed E-state index contributed by atoms with van der Waals surface area (Å²) in [5, 5.41) is 6.20. The standard InChI is InChI=1S/C24H30BrN3O2/c1-3-17(2)16-26-24(30)21-6-4-5-7-22(21)28-14-12-20(13-15-28)27-23(29)18-8-10-19(25)11-9-18/h4-11,17,20H,3,12-16H2,1-2H3,(H,26,30)(H,27,29)/t17-/m0/s1. The topological polar surface area (TPSA) is 61.4 Å². The quantitative estimate of drug-likeness (QED) is 0.618. The van der Waals surface area contributed by atoms with Crippen molar-refractivity contribution in [2.75, 3.05) is 24.5 Å². The van der Waals surface area contributed by atoms with E-state index in [2.05, 4.69) is 45.3 Å². The largest absolute Gasteiger partial charge is 0.371 e. The summed E-state index contributed by atoms with van der Waals surface area (Å²) in [6, 6.07) is 15.3. The highest BCUT2D eigenvalue weighted by molar-refractivity contribution is 9.10. The second-order valence-corrected chi connectivity index (χ2v) is 8.90. The van der Waals surface area contributed by atoms with E-state index in [0.717, 1.165) is 48.1 Å². The lowest BCUT2D eigenvalue weighted by molar-refractivity contribution is 0.0929. The maximum Gasteiger partial charge on any atom is 0.253 e. The van der Waals surface area contributed by atoms with Gasteiger partial charge in [-0.15, -0.1) is 0 Å². The van der Waals surface area contributed by atoms with Crippen molar-refractivity contribution in [1.29, 1.82) is 0 Å². The fraction of sp³-hybridized carbons (Fsp3) is 0.417. The number of carbonyl (C=O) groups is 2. The Balaban J connectivity index is 1.58. The summed E-state index contributed by atoms with van der Waals surface area (Å²) in [6.45, 7) is 6.57. The van der Waals surface area contributed by atoms with Crippen LogP contribution in [0.2, 0.25) is 0 Å². The molecule has 0 saturated carbocycles. The fourth-order valence-corrected chi connectivity index (χ4v) is 3.85. The zero-order valence-electron chi connectivity index (χ0n) is 17.7. The van der Waals surface area contributed by atoms with Crippen molar-refractivity contribution in [2.24, 2.45) is 5.92 Å². The Labute approximate surface area is 187 Å². The third-order valence-electron chi connectivity index (χ3n) is 5.73. The molecule has 2 aromatic carbocycles. The predicted molar refractivity (Wildman–Crippen MR) is 125 cm³/mol. The Morgan fingerprint density at radius 2 is 1.73 bits per heavy atom. The van der Waals surface area contributed by atoms with Gasteiger partial charge in [-0.1, -0.05) is 48.3 Å². The van der Waals surface area contributed by atoms with Crippen molar-refractivity contribution in [3.8, 4) is 0 Å². The summed E-state index contributed by atoms with van der Waals surface area (Å²) in [7, 11) is 0. The molecule has 30 heavy (non-hydrogen) atoms. The van der Waals surface area contributed by atoms with Crippen LogP contribution in [0, 0.1) is 5.92 Å². The molecule has 1 atom stereocenters. The van der Waals surface area contributed by atoms with E-state index >= 15 is 0 Å². The summed E-state index contributed by atoms with van der Waals surface area (Å²) in [6.07, 6.45) is 2.75. The maximum atomic E-state index is 12.7. The highest BCUT2D eigenvalue weighted by Crippen LogP contribution is 2.24. The number of carbonyl (C=O) groups excluding carboxylic acids is 2. The second-order valence-electron chi connectivity index (χ2n) is 7.98. The van der Waals surface area contributed by atoms with Crippen LogP contribution in [0.1, 0.15) is 53.8 Å². The number of nitrogens with zero attached hydrogens (tertiary/aromatic N) is 1. The molecule has 1 fully saturated rings. The van der Waals surface area contributed by atoms with E-state index < -0.39 is 0 Å². The molecule has 0 spiro atoms. The van der Waals surface area contributed by atoms with E-state index in [1.165, 1.54) is 0 Å². The van der Waals surface area contributed by atoms with Crippen LogP contribution in [0.15, 0.2) is 53.0 Å². The van der Waals surface area contributed by atoms with Crippen LogP contribution < -0.4 is 15.5 Å². The first-order chi connectivity index (χ1) is 14.5. The summed E-state index contributed by atoms with van der Waals surface area (Å²) >= 11 is 3.39. The Bertz CT molecular complexity index is 861. The first kappa shape index (κ1) is 22.3. The minimum absolute atomic E-state index is 0.0171. The minimum atomic E-state index is -0.0363. The number of hydrogen-bond donors (Lipinski definition) is 2. The van der Waals surface area contributed by atoms with Crippen LogP contribution in [-0.2, 0) is 0 Å². The molecule has 3 rings (SSSR count). The Morgan fingerprint density at radius 3 is 2.40 bits per heavy atom. The zero-order chi connectivity index (χ0) is 21.5. The monoisotopic (exact) mass is 471 g/mol. The van der Waals surface area contributed by atoms with Gasteiger partial charge in [0.05, 0.1) is 5.56 Å². The summed E-state index contributed by atoms with van der Waals surface area (Å²) in [5.74, 6) is 0.411. The van der Waals surface area contributed by atoms with Crippen LogP contribution in [0.3, 0.4) is 0 Å². The molecule has 2 amide bonds. The highest BCUT2D eigenvalue weighted by Gasteiger charge is 2.24. The number of hydrogen-bond acceptors (Lipinski definition) is 3. The van der Waals surface area contributed by atoms with Gasteiger partial charge in [0.1, 0.15) is 0 Å². The summed E-state index contributed by atoms with van der Waals surface area (Å²) < 4.78 is 0.958. The lowest BCUT2D eigenvalue weighted by Gasteiger charge is -2.35. The first-order valence-corrected chi connectivity index (χ1v) is 11.5. The van der Waals surface area contributed by atoms with Crippen LogP contribution in [0.4, 0.5) is 5.69 Å². The molecule has 5 nitrogen and oxygen atoms in total. The molecule has 0 aromatic heterocycles. The van der Waals surface area contributed by atoms with Gasteiger partial charge in [0.2, 0.25) is 0 Å². The molecule has 0 unspecified atom stereocenters. The number of halogens is 1. The summed E-state index contributed by atoms with van der Waals surface area (Å²) in [4.78, 5) is 27.4. The number of anilines is 1.